The molecule has 0 spiro atoms. The second kappa shape index (κ2) is 6.41. The van der Waals surface area contributed by atoms with Crippen LogP contribution in [0, 0.1) is 5.92 Å². The fraction of sp³-hybridized carbons (Fsp3) is 1.00. The molecule has 0 saturated carbocycles. The Morgan fingerprint density at radius 3 is 2.14 bits per heavy atom. The zero-order chi connectivity index (χ0) is 11.2. The average molecular weight is 202 g/mol. The molecule has 0 N–H and O–H groups in total. The van der Waals surface area contributed by atoms with Gasteiger partial charge in [0.1, 0.15) is 0 Å². The zero-order valence-corrected chi connectivity index (χ0v) is 10.6. The molecule has 86 valence electrons. The van der Waals surface area contributed by atoms with Crippen molar-refractivity contribution in [2.45, 2.75) is 58.7 Å². The summed E-state index contributed by atoms with van der Waals surface area (Å²) in [5.41, 5.74) is 0.0238. The van der Waals surface area contributed by atoms with Crippen molar-refractivity contribution in [1.29, 1.82) is 0 Å². The number of ether oxygens (including phenoxy) is 2. The molecule has 0 fully saturated rings. The van der Waals surface area contributed by atoms with Crippen LogP contribution in [0.15, 0.2) is 0 Å². The number of hydrogen-bond acceptors (Lipinski definition) is 2. The predicted octanol–water partition coefficient (Wildman–Crippen LogP) is 3.25. The van der Waals surface area contributed by atoms with Gasteiger partial charge in [0.15, 0.2) is 0 Å². The zero-order valence-electron chi connectivity index (χ0n) is 10.6. The molecule has 0 saturated heterocycles. The molecular weight excluding hydrogens is 176 g/mol. The number of hydrogen-bond donors (Lipinski definition) is 0. The van der Waals surface area contributed by atoms with Gasteiger partial charge in [0.2, 0.25) is 0 Å². The van der Waals surface area contributed by atoms with E-state index in [2.05, 4.69) is 27.7 Å². The molecule has 2 heteroatoms. The highest BCUT2D eigenvalue weighted by Gasteiger charge is 2.17. The smallest absolute Gasteiger partial charge is 0.0622 e. The summed E-state index contributed by atoms with van der Waals surface area (Å²) in [4.78, 5) is 0. The molecule has 0 aromatic rings. The summed E-state index contributed by atoms with van der Waals surface area (Å²) >= 11 is 0. The number of methoxy groups -OCH3 is 2. The lowest BCUT2D eigenvalue weighted by Gasteiger charge is -2.24. The van der Waals surface area contributed by atoms with Crippen LogP contribution in [0.3, 0.4) is 0 Å². The molecule has 0 aromatic carbocycles. The Hall–Kier alpha value is -0.0800. The van der Waals surface area contributed by atoms with Crippen molar-refractivity contribution in [2.24, 2.45) is 5.92 Å². The Balaban J connectivity index is 3.63. The molecule has 0 aliphatic rings. The first kappa shape index (κ1) is 13.9. The first-order valence-corrected chi connectivity index (χ1v) is 5.51. The van der Waals surface area contributed by atoms with Crippen LogP contribution in [-0.2, 0) is 9.47 Å². The Labute approximate surface area is 89.0 Å². The van der Waals surface area contributed by atoms with Crippen LogP contribution in [0.5, 0.6) is 0 Å². The van der Waals surface area contributed by atoms with Crippen molar-refractivity contribution in [2.75, 3.05) is 14.2 Å². The quantitative estimate of drug-likeness (QED) is 0.631. The van der Waals surface area contributed by atoms with E-state index in [4.69, 9.17) is 9.47 Å². The highest BCUT2D eigenvalue weighted by Crippen LogP contribution is 2.20. The summed E-state index contributed by atoms with van der Waals surface area (Å²) in [5, 5.41) is 0. The Morgan fingerprint density at radius 2 is 1.71 bits per heavy atom. The van der Waals surface area contributed by atoms with Gasteiger partial charge in [0.05, 0.1) is 11.7 Å². The molecular formula is C12H26O2. The third-order valence-electron chi connectivity index (χ3n) is 3.16. The molecule has 0 aromatic heterocycles. The normalized spacial score (nSPS) is 16.7. The lowest BCUT2D eigenvalue weighted by Crippen LogP contribution is -2.23. The fourth-order valence-corrected chi connectivity index (χ4v) is 1.42. The van der Waals surface area contributed by atoms with E-state index in [1.165, 1.54) is 12.8 Å². The van der Waals surface area contributed by atoms with Crippen molar-refractivity contribution in [3.8, 4) is 0 Å². The van der Waals surface area contributed by atoms with Gasteiger partial charge in [-0.2, -0.15) is 0 Å². The van der Waals surface area contributed by atoms with Gasteiger partial charge in [-0.15, -0.1) is 0 Å². The highest BCUT2D eigenvalue weighted by atomic mass is 16.5. The molecule has 2 nitrogen and oxygen atoms in total. The van der Waals surface area contributed by atoms with Crippen LogP contribution in [0.25, 0.3) is 0 Å². The molecule has 2 unspecified atom stereocenters. The van der Waals surface area contributed by atoms with Gasteiger partial charge in [-0.3, -0.25) is 0 Å². The molecule has 0 aliphatic carbocycles. The second-order valence-corrected chi connectivity index (χ2v) is 4.77. The van der Waals surface area contributed by atoms with Gasteiger partial charge < -0.3 is 9.47 Å². The average Bonchev–Trinajstić information content (AvgIpc) is 2.16. The minimum Gasteiger partial charge on any atom is -0.381 e. The van der Waals surface area contributed by atoms with Gasteiger partial charge in [-0.1, -0.05) is 13.3 Å². The second-order valence-electron chi connectivity index (χ2n) is 4.77. The lowest BCUT2D eigenvalue weighted by molar-refractivity contribution is 0.00959. The fourth-order valence-electron chi connectivity index (χ4n) is 1.42. The highest BCUT2D eigenvalue weighted by molar-refractivity contribution is 4.69. The van der Waals surface area contributed by atoms with E-state index >= 15 is 0 Å². The van der Waals surface area contributed by atoms with Gasteiger partial charge >= 0.3 is 0 Å². The van der Waals surface area contributed by atoms with E-state index in [1.54, 1.807) is 14.2 Å². The summed E-state index contributed by atoms with van der Waals surface area (Å²) in [6.45, 7) is 8.65. The largest absolute Gasteiger partial charge is 0.381 e. The van der Waals surface area contributed by atoms with Crippen molar-refractivity contribution in [3.05, 3.63) is 0 Å². The van der Waals surface area contributed by atoms with E-state index < -0.39 is 0 Å². The van der Waals surface area contributed by atoms with Crippen LogP contribution in [-0.4, -0.2) is 25.9 Å². The maximum absolute atomic E-state index is 5.38. The van der Waals surface area contributed by atoms with Crippen LogP contribution >= 0.6 is 0 Å². The van der Waals surface area contributed by atoms with Gasteiger partial charge in [-0.25, -0.2) is 0 Å². The van der Waals surface area contributed by atoms with Gasteiger partial charge in [-0.05, 0) is 39.5 Å². The SMILES string of the molecule is COC(C)C(C)CCCC(C)(C)OC. The van der Waals surface area contributed by atoms with E-state index in [0.717, 1.165) is 6.42 Å². The Kier molecular flexibility index (Phi) is 6.38. The van der Waals surface area contributed by atoms with Crippen molar-refractivity contribution >= 4 is 0 Å². The maximum atomic E-state index is 5.38. The van der Waals surface area contributed by atoms with Crippen LogP contribution in [0.2, 0.25) is 0 Å². The van der Waals surface area contributed by atoms with E-state index in [0.29, 0.717) is 12.0 Å². The summed E-state index contributed by atoms with van der Waals surface area (Å²) in [6.07, 6.45) is 3.89. The first-order valence-electron chi connectivity index (χ1n) is 5.51. The van der Waals surface area contributed by atoms with Crippen LogP contribution in [0.4, 0.5) is 0 Å². The van der Waals surface area contributed by atoms with Crippen LogP contribution in [0.1, 0.15) is 47.0 Å². The summed E-state index contributed by atoms with van der Waals surface area (Å²) in [7, 11) is 3.56. The molecule has 0 aliphatic heterocycles. The number of rotatable bonds is 7. The summed E-state index contributed by atoms with van der Waals surface area (Å²) in [5.74, 6) is 0.632. The topological polar surface area (TPSA) is 18.5 Å². The van der Waals surface area contributed by atoms with Crippen molar-refractivity contribution < 1.29 is 9.47 Å². The molecule has 0 bridgehead atoms. The maximum Gasteiger partial charge on any atom is 0.0622 e. The predicted molar refractivity (Wildman–Crippen MR) is 60.6 cm³/mol. The monoisotopic (exact) mass is 202 g/mol. The Bertz CT molecular complexity index is 143. The minimum atomic E-state index is 0.0238. The van der Waals surface area contributed by atoms with E-state index in [1.807, 2.05) is 0 Å². The van der Waals surface area contributed by atoms with E-state index in [9.17, 15) is 0 Å². The molecule has 0 heterocycles. The van der Waals surface area contributed by atoms with Crippen molar-refractivity contribution in [1.82, 2.24) is 0 Å². The van der Waals surface area contributed by atoms with Crippen LogP contribution < -0.4 is 0 Å². The third kappa shape index (κ3) is 5.61. The minimum absolute atomic E-state index is 0.0238. The Morgan fingerprint density at radius 1 is 1.14 bits per heavy atom. The molecule has 2 atom stereocenters. The molecule has 0 rings (SSSR count). The van der Waals surface area contributed by atoms with E-state index in [-0.39, 0.29) is 5.60 Å². The first-order chi connectivity index (χ1) is 6.43. The van der Waals surface area contributed by atoms with Gasteiger partial charge in [0.25, 0.3) is 0 Å². The van der Waals surface area contributed by atoms with Crippen molar-refractivity contribution in [3.63, 3.8) is 0 Å². The summed E-state index contributed by atoms with van der Waals surface area (Å²) in [6, 6.07) is 0. The molecule has 0 amide bonds. The lowest BCUT2D eigenvalue weighted by atomic mass is 9.94. The molecule has 14 heavy (non-hydrogen) atoms. The standard InChI is InChI=1S/C12H26O2/c1-10(11(2)13-5)8-7-9-12(3,4)14-6/h10-11H,7-9H2,1-6H3. The summed E-state index contributed by atoms with van der Waals surface area (Å²) < 4.78 is 10.7. The van der Waals surface area contributed by atoms with Gasteiger partial charge in [0, 0.05) is 14.2 Å². The third-order valence-corrected chi connectivity index (χ3v) is 3.16. The molecule has 0 radical (unpaired) electrons.